The van der Waals surface area contributed by atoms with Crippen molar-refractivity contribution in [2.75, 3.05) is 18.5 Å². The fraction of sp³-hybridized carbons (Fsp3) is 0.190. The summed E-state index contributed by atoms with van der Waals surface area (Å²) in [5.41, 5.74) is 1.39. The number of rotatable bonds is 8. The summed E-state index contributed by atoms with van der Waals surface area (Å²) < 4.78 is 0. The number of carbonyl (C=O) groups is 2. The van der Waals surface area contributed by atoms with E-state index in [-0.39, 0.29) is 30.4 Å². The molecular weight excluding hydrogens is 394 g/mol. The van der Waals surface area contributed by atoms with Gasteiger partial charge in [-0.1, -0.05) is 41.9 Å². The topological polar surface area (TPSA) is 112 Å². The van der Waals surface area contributed by atoms with Crippen molar-refractivity contribution in [1.29, 1.82) is 0 Å². The van der Waals surface area contributed by atoms with Crippen LogP contribution >= 0.6 is 11.6 Å². The number of aromatic carboxylic acids is 1. The summed E-state index contributed by atoms with van der Waals surface area (Å²) in [5.74, 6) is -1.44. The van der Waals surface area contributed by atoms with Crippen LogP contribution in [-0.4, -0.2) is 46.3 Å². The van der Waals surface area contributed by atoms with Crippen molar-refractivity contribution in [3.8, 4) is 0 Å². The molecule has 0 saturated heterocycles. The van der Waals surface area contributed by atoms with Gasteiger partial charge in [0.15, 0.2) is 0 Å². The molecule has 0 aliphatic heterocycles. The van der Waals surface area contributed by atoms with Gasteiger partial charge in [-0.15, -0.1) is 0 Å². The number of amides is 1. The van der Waals surface area contributed by atoms with Crippen LogP contribution in [0.5, 0.6) is 0 Å². The lowest BCUT2D eigenvalue weighted by Gasteiger charge is -2.20. The van der Waals surface area contributed by atoms with E-state index in [1.165, 1.54) is 6.07 Å². The number of nitrogens with one attached hydrogen (secondary N) is 2. The first-order valence-electron chi connectivity index (χ1n) is 9.00. The first-order chi connectivity index (χ1) is 14.0. The number of carbonyl (C=O) groups excluding carboxylic acids is 1. The lowest BCUT2D eigenvalue weighted by molar-refractivity contribution is -0.122. The lowest BCUT2D eigenvalue weighted by atomic mass is 10.0. The van der Waals surface area contributed by atoms with Crippen molar-refractivity contribution in [3.05, 3.63) is 70.7 Å². The Hall–Kier alpha value is -3.16. The van der Waals surface area contributed by atoms with Gasteiger partial charge < -0.3 is 20.8 Å². The SMILES string of the molecule is O=C(O)c1cc2cc(Cl)ccc2nc1N[C@@H](Cc1ccccc1)C(=O)NCCO. The van der Waals surface area contributed by atoms with E-state index in [1.54, 1.807) is 18.2 Å². The zero-order valence-corrected chi connectivity index (χ0v) is 16.2. The summed E-state index contributed by atoms with van der Waals surface area (Å²) in [6.07, 6.45) is 0.317. The number of pyridine rings is 1. The largest absolute Gasteiger partial charge is 0.478 e. The molecule has 0 spiro atoms. The molecule has 150 valence electrons. The minimum Gasteiger partial charge on any atom is -0.478 e. The molecule has 2 aromatic carbocycles. The van der Waals surface area contributed by atoms with E-state index in [2.05, 4.69) is 15.6 Å². The zero-order valence-electron chi connectivity index (χ0n) is 15.4. The molecule has 1 aromatic heterocycles. The quantitative estimate of drug-likeness (QED) is 0.452. The first-order valence-corrected chi connectivity index (χ1v) is 9.38. The summed E-state index contributed by atoms with van der Waals surface area (Å²) >= 11 is 5.99. The van der Waals surface area contributed by atoms with Crippen LogP contribution in [0.1, 0.15) is 15.9 Å². The highest BCUT2D eigenvalue weighted by atomic mass is 35.5. The van der Waals surface area contributed by atoms with E-state index in [0.29, 0.717) is 22.3 Å². The number of carboxylic acids is 1. The van der Waals surface area contributed by atoms with Gasteiger partial charge >= 0.3 is 5.97 Å². The van der Waals surface area contributed by atoms with E-state index < -0.39 is 12.0 Å². The maximum atomic E-state index is 12.6. The van der Waals surface area contributed by atoms with Crippen LogP contribution in [0.15, 0.2) is 54.6 Å². The lowest BCUT2D eigenvalue weighted by Crippen LogP contribution is -2.42. The second-order valence-corrected chi connectivity index (χ2v) is 6.86. The number of fused-ring (bicyclic) bond motifs is 1. The predicted molar refractivity (Wildman–Crippen MR) is 111 cm³/mol. The maximum Gasteiger partial charge on any atom is 0.339 e. The van der Waals surface area contributed by atoms with Gasteiger partial charge in [0.05, 0.1) is 12.1 Å². The zero-order chi connectivity index (χ0) is 20.8. The Balaban J connectivity index is 1.97. The summed E-state index contributed by atoms with van der Waals surface area (Å²) in [4.78, 5) is 28.8. The van der Waals surface area contributed by atoms with Crippen molar-refractivity contribution in [3.63, 3.8) is 0 Å². The van der Waals surface area contributed by atoms with Crippen molar-refractivity contribution in [2.24, 2.45) is 0 Å². The smallest absolute Gasteiger partial charge is 0.339 e. The molecule has 0 aliphatic carbocycles. The van der Waals surface area contributed by atoms with Gasteiger partial charge in [-0.3, -0.25) is 4.79 Å². The highest BCUT2D eigenvalue weighted by Crippen LogP contribution is 2.24. The Morgan fingerprint density at radius 2 is 1.86 bits per heavy atom. The molecule has 1 amide bonds. The normalized spacial score (nSPS) is 11.8. The van der Waals surface area contributed by atoms with Gasteiger partial charge in [0.25, 0.3) is 0 Å². The number of halogens is 1. The van der Waals surface area contributed by atoms with Crippen LogP contribution in [0.3, 0.4) is 0 Å². The molecule has 29 heavy (non-hydrogen) atoms. The van der Waals surface area contributed by atoms with E-state index in [9.17, 15) is 14.7 Å². The van der Waals surface area contributed by atoms with Crippen LogP contribution in [0.2, 0.25) is 5.02 Å². The average Bonchev–Trinajstić information content (AvgIpc) is 2.71. The van der Waals surface area contributed by atoms with Gasteiger partial charge in [-0.2, -0.15) is 0 Å². The van der Waals surface area contributed by atoms with Crippen LogP contribution in [-0.2, 0) is 11.2 Å². The van der Waals surface area contributed by atoms with Crippen LogP contribution in [0.25, 0.3) is 10.9 Å². The molecule has 0 aliphatic rings. The van der Waals surface area contributed by atoms with Crippen LogP contribution in [0, 0.1) is 0 Å². The Morgan fingerprint density at radius 3 is 2.55 bits per heavy atom. The molecule has 1 atom stereocenters. The molecule has 0 saturated carbocycles. The minimum absolute atomic E-state index is 0.0622. The van der Waals surface area contributed by atoms with E-state index in [1.807, 2.05) is 30.3 Å². The number of carboxylic acid groups (broad SMARTS) is 1. The molecule has 3 aromatic rings. The highest BCUT2D eigenvalue weighted by molar-refractivity contribution is 6.31. The van der Waals surface area contributed by atoms with Crippen LogP contribution < -0.4 is 10.6 Å². The number of anilines is 1. The number of aromatic nitrogens is 1. The monoisotopic (exact) mass is 413 g/mol. The molecule has 7 nitrogen and oxygen atoms in total. The molecule has 0 bridgehead atoms. The number of hydrogen-bond acceptors (Lipinski definition) is 5. The number of aliphatic hydroxyl groups excluding tert-OH is 1. The number of aliphatic hydroxyl groups is 1. The van der Waals surface area contributed by atoms with Gasteiger partial charge in [-0.25, -0.2) is 9.78 Å². The van der Waals surface area contributed by atoms with Crippen molar-refractivity contribution < 1.29 is 19.8 Å². The minimum atomic E-state index is -1.17. The Kier molecular flexibility index (Phi) is 6.64. The standard InChI is InChI=1S/C21H20ClN3O4/c22-15-6-7-17-14(11-15)12-16(21(28)29)19(24-17)25-18(20(27)23-8-9-26)10-13-4-2-1-3-5-13/h1-7,11-12,18,26H,8-10H2,(H,23,27)(H,24,25)(H,28,29)/t18-/m0/s1. The highest BCUT2D eigenvalue weighted by Gasteiger charge is 2.23. The Labute approximate surface area is 172 Å². The first kappa shape index (κ1) is 20.6. The summed E-state index contributed by atoms with van der Waals surface area (Å²) in [7, 11) is 0. The summed E-state index contributed by atoms with van der Waals surface area (Å²) in [6, 6.07) is 15.0. The fourth-order valence-corrected chi connectivity index (χ4v) is 3.13. The number of benzene rings is 2. The van der Waals surface area contributed by atoms with Gasteiger partial charge in [0, 0.05) is 23.4 Å². The third kappa shape index (κ3) is 5.22. The molecule has 3 rings (SSSR count). The predicted octanol–water partition coefficient (Wildman–Crippen LogP) is 2.72. The van der Waals surface area contributed by atoms with E-state index >= 15 is 0 Å². The molecule has 1 heterocycles. The summed E-state index contributed by atoms with van der Waals surface area (Å²) in [6.45, 7) is -0.0968. The van der Waals surface area contributed by atoms with Crippen LogP contribution in [0.4, 0.5) is 5.82 Å². The van der Waals surface area contributed by atoms with E-state index in [0.717, 1.165) is 5.56 Å². The number of hydrogen-bond donors (Lipinski definition) is 4. The molecular formula is C21H20ClN3O4. The van der Waals surface area contributed by atoms with Gasteiger partial charge in [0.1, 0.15) is 17.4 Å². The number of nitrogens with zero attached hydrogens (tertiary/aromatic N) is 1. The fourth-order valence-electron chi connectivity index (χ4n) is 2.95. The second-order valence-electron chi connectivity index (χ2n) is 6.43. The average molecular weight is 414 g/mol. The van der Waals surface area contributed by atoms with Gasteiger partial charge in [0.2, 0.25) is 5.91 Å². The summed E-state index contributed by atoms with van der Waals surface area (Å²) in [5, 5.41) is 25.3. The van der Waals surface area contributed by atoms with E-state index in [4.69, 9.17) is 16.7 Å². The molecule has 0 radical (unpaired) electrons. The van der Waals surface area contributed by atoms with Crippen molar-refractivity contribution in [1.82, 2.24) is 10.3 Å². The van der Waals surface area contributed by atoms with Crippen molar-refractivity contribution in [2.45, 2.75) is 12.5 Å². The molecule has 0 fully saturated rings. The second kappa shape index (κ2) is 9.36. The maximum absolute atomic E-state index is 12.6. The Morgan fingerprint density at radius 1 is 1.10 bits per heavy atom. The van der Waals surface area contributed by atoms with Gasteiger partial charge in [-0.05, 0) is 29.8 Å². The van der Waals surface area contributed by atoms with Crippen molar-refractivity contribution >= 4 is 40.2 Å². The third-order valence-corrected chi connectivity index (χ3v) is 4.56. The molecule has 0 unspecified atom stereocenters. The Bertz CT molecular complexity index is 1030. The molecule has 4 N–H and O–H groups in total. The third-order valence-electron chi connectivity index (χ3n) is 4.33. The molecule has 8 heteroatoms.